The number of nitrogens with one attached hydrogen (secondary N) is 1. The monoisotopic (exact) mass is 447 g/mol. The molecule has 0 fully saturated rings. The number of nitro groups is 1. The topological polar surface area (TPSA) is 92.6 Å². The lowest BCUT2D eigenvalue weighted by atomic mass is 10.0. The van der Waals surface area contributed by atoms with Gasteiger partial charge in [0.15, 0.2) is 0 Å². The highest BCUT2D eigenvalue weighted by Gasteiger charge is 2.40. The third-order valence-electron chi connectivity index (χ3n) is 5.29. The molecule has 160 valence electrons. The fraction of sp³-hybridized carbons (Fsp3) is 0.0833. The van der Waals surface area contributed by atoms with Crippen molar-refractivity contribution in [1.29, 1.82) is 0 Å². The predicted octanol–water partition coefficient (Wildman–Crippen LogP) is 5.26. The summed E-state index contributed by atoms with van der Waals surface area (Å²) in [7, 11) is 0. The molecule has 3 aromatic rings. The molecule has 2 amide bonds. The molecule has 7 nitrogen and oxygen atoms in total. The van der Waals surface area contributed by atoms with E-state index in [-0.39, 0.29) is 17.0 Å². The van der Waals surface area contributed by atoms with Crippen LogP contribution in [0.3, 0.4) is 0 Å². The van der Waals surface area contributed by atoms with Crippen LogP contribution in [-0.2, 0) is 9.59 Å². The first kappa shape index (κ1) is 21.3. The van der Waals surface area contributed by atoms with E-state index in [9.17, 15) is 19.7 Å². The van der Waals surface area contributed by atoms with Gasteiger partial charge in [-0.2, -0.15) is 0 Å². The number of carbonyl (C=O) groups excluding carboxylic acids is 2. The second-order valence-electron chi connectivity index (χ2n) is 7.40. The van der Waals surface area contributed by atoms with Crippen LogP contribution in [0.4, 0.5) is 17.1 Å². The van der Waals surface area contributed by atoms with Gasteiger partial charge in [-0.25, -0.2) is 4.90 Å². The number of amides is 2. The molecule has 1 aliphatic rings. The van der Waals surface area contributed by atoms with Crippen LogP contribution in [0.1, 0.15) is 16.7 Å². The Kier molecular flexibility index (Phi) is 5.50. The number of imide groups is 1. The summed E-state index contributed by atoms with van der Waals surface area (Å²) in [5, 5.41) is 14.5. The van der Waals surface area contributed by atoms with Crippen molar-refractivity contribution in [2.24, 2.45) is 0 Å². The minimum Gasteiger partial charge on any atom is -0.350 e. The van der Waals surface area contributed by atoms with Gasteiger partial charge in [-0.15, -0.1) is 0 Å². The van der Waals surface area contributed by atoms with Crippen LogP contribution < -0.4 is 10.2 Å². The van der Waals surface area contributed by atoms with Crippen molar-refractivity contribution in [3.05, 3.63) is 104 Å². The van der Waals surface area contributed by atoms with Gasteiger partial charge in [0.05, 0.1) is 16.2 Å². The average Bonchev–Trinajstić information content (AvgIpc) is 3.00. The van der Waals surface area contributed by atoms with Crippen molar-refractivity contribution < 1.29 is 14.5 Å². The Hall–Kier alpha value is -3.97. The molecular weight excluding hydrogens is 430 g/mol. The highest BCUT2D eigenvalue weighted by molar-refractivity contribution is 6.46. The normalized spacial score (nSPS) is 13.7. The zero-order valence-electron chi connectivity index (χ0n) is 17.3. The number of halogens is 1. The Balaban J connectivity index is 1.83. The number of anilines is 2. The van der Waals surface area contributed by atoms with Crippen molar-refractivity contribution in [1.82, 2.24) is 0 Å². The minimum atomic E-state index is -0.544. The fourth-order valence-electron chi connectivity index (χ4n) is 3.48. The van der Waals surface area contributed by atoms with Crippen molar-refractivity contribution in [3.63, 3.8) is 0 Å². The van der Waals surface area contributed by atoms with Crippen LogP contribution in [0.5, 0.6) is 0 Å². The zero-order valence-corrected chi connectivity index (χ0v) is 18.0. The number of benzene rings is 3. The van der Waals surface area contributed by atoms with Crippen LogP contribution >= 0.6 is 11.6 Å². The molecule has 0 spiro atoms. The molecule has 0 unspecified atom stereocenters. The highest BCUT2D eigenvalue weighted by Crippen LogP contribution is 2.35. The van der Waals surface area contributed by atoms with E-state index in [2.05, 4.69) is 5.32 Å². The van der Waals surface area contributed by atoms with Gasteiger partial charge in [0, 0.05) is 22.8 Å². The second-order valence-corrected chi connectivity index (χ2v) is 7.84. The minimum absolute atomic E-state index is 0.0899. The number of nitro benzene ring substituents is 1. The molecule has 0 aliphatic carbocycles. The summed E-state index contributed by atoms with van der Waals surface area (Å²) in [5.41, 5.74) is 3.60. The summed E-state index contributed by atoms with van der Waals surface area (Å²) in [6.07, 6.45) is 0. The Bertz CT molecular complexity index is 1300. The number of rotatable bonds is 5. The van der Waals surface area contributed by atoms with Crippen molar-refractivity contribution >= 4 is 46.1 Å². The maximum Gasteiger partial charge on any atom is 0.282 e. The molecule has 1 heterocycles. The summed E-state index contributed by atoms with van der Waals surface area (Å²) in [4.78, 5) is 38.3. The highest BCUT2D eigenvalue weighted by atomic mass is 35.5. The van der Waals surface area contributed by atoms with Crippen LogP contribution in [0.25, 0.3) is 5.57 Å². The van der Waals surface area contributed by atoms with Crippen LogP contribution in [0.15, 0.2) is 72.4 Å². The molecule has 1 aliphatic heterocycles. The molecule has 1 N–H and O–H groups in total. The number of hydrogen-bond acceptors (Lipinski definition) is 5. The third-order valence-corrected chi connectivity index (χ3v) is 5.53. The van der Waals surface area contributed by atoms with Crippen LogP contribution in [0, 0.1) is 24.0 Å². The molecule has 0 atom stereocenters. The summed E-state index contributed by atoms with van der Waals surface area (Å²) in [6.45, 7) is 3.93. The van der Waals surface area contributed by atoms with Crippen LogP contribution in [-0.4, -0.2) is 16.7 Å². The van der Waals surface area contributed by atoms with Crippen molar-refractivity contribution in [3.8, 4) is 0 Å². The quantitative estimate of drug-likeness (QED) is 0.327. The first-order valence-corrected chi connectivity index (χ1v) is 10.1. The molecule has 3 aromatic carbocycles. The van der Waals surface area contributed by atoms with Crippen molar-refractivity contribution in [2.45, 2.75) is 13.8 Å². The van der Waals surface area contributed by atoms with E-state index < -0.39 is 16.7 Å². The number of aryl methyl sites for hydroxylation is 2. The lowest BCUT2D eigenvalue weighted by Crippen LogP contribution is -2.32. The van der Waals surface area contributed by atoms with Gasteiger partial charge in [0.25, 0.3) is 17.5 Å². The lowest BCUT2D eigenvalue weighted by molar-refractivity contribution is -0.384. The first-order valence-electron chi connectivity index (χ1n) is 9.74. The van der Waals surface area contributed by atoms with Gasteiger partial charge >= 0.3 is 0 Å². The molecular formula is C24H18ClN3O4. The van der Waals surface area contributed by atoms with Gasteiger partial charge in [-0.1, -0.05) is 23.7 Å². The first-order chi connectivity index (χ1) is 15.3. The lowest BCUT2D eigenvalue weighted by Gasteiger charge is -2.16. The molecule has 0 saturated heterocycles. The number of nitrogens with zero attached hydrogens (tertiary/aromatic N) is 2. The van der Waals surface area contributed by atoms with Gasteiger partial charge < -0.3 is 5.32 Å². The number of carbonyl (C=O) groups is 2. The van der Waals surface area contributed by atoms with Gasteiger partial charge in [-0.3, -0.25) is 19.7 Å². The smallest absolute Gasteiger partial charge is 0.282 e. The maximum absolute atomic E-state index is 13.4. The zero-order chi connectivity index (χ0) is 23.0. The van der Waals surface area contributed by atoms with E-state index in [0.717, 1.165) is 16.0 Å². The van der Waals surface area contributed by atoms with Gasteiger partial charge in [-0.05, 0) is 73.0 Å². The fourth-order valence-corrected chi connectivity index (χ4v) is 3.66. The summed E-state index contributed by atoms with van der Waals surface area (Å²) in [5.74, 6) is -1.08. The van der Waals surface area contributed by atoms with Crippen molar-refractivity contribution in [2.75, 3.05) is 10.2 Å². The maximum atomic E-state index is 13.4. The number of non-ortho nitro benzene ring substituents is 1. The third kappa shape index (κ3) is 3.86. The summed E-state index contributed by atoms with van der Waals surface area (Å²) in [6, 6.07) is 17.6. The predicted molar refractivity (Wildman–Crippen MR) is 124 cm³/mol. The molecule has 0 radical (unpaired) electrons. The molecule has 4 rings (SSSR count). The Morgan fingerprint density at radius 1 is 0.906 bits per heavy atom. The standard InChI is InChI=1S/C24H18ClN3O4/c1-14-6-9-18(12-15(14)2)26-22-21(16-7-10-19(11-8-16)28(31)32)23(29)27(24(22)30)20-5-3-4-17(25)13-20/h3-13,26H,1-2H3. The largest absolute Gasteiger partial charge is 0.350 e. The van der Waals surface area contributed by atoms with Gasteiger partial charge in [0.2, 0.25) is 0 Å². The SMILES string of the molecule is Cc1ccc(NC2=C(c3ccc([N+](=O)[O-])cc3)C(=O)N(c3cccc(Cl)c3)C2=O)cc1C. The Morgan fingerprint density at radius 2 is 1.62 bits per heavy atom. The van der Waals surface area contributed by atoms with E-state index >= 15 is 0 Å². The van der Waals surface area contributed by atoms with E-state index in [1.807, 2.05) is 32.0 Å². The number of hydrogen-bond donors (Lipinski definition) is 1. The molecule has 0 saturated carbocycles. The molecule has 32 heavy (non-hydrogen) atoms. The van der Waals surface area contributed by atoms with Gasteiger partial charge in [0.1, 0.15) is 5.70 Å². The summed E-state index contributed by atoms with van der Waals surface area (Å²) < 4.78 is 0. The Morgan fingerprint density at radius 3 is 2.25 bits per heavy atom. The van der Waals surface area contributed by atoms with E-state index in [0.29, 0.717) is 22.0 Å². The second kappa shape index (κ2) is 8.28. The molecule has 0 aromatic heterocycles. The Labute approximate surface area is 189 Å². The average molecular weight is 448 g/mol. The molecule has 8 heteroatoms. The van der Waals surface area contributed by atoms with E-state index in [1.165, 1.54) is 30.3 Å². The van der Waals surface area contributed by atoms with Crippen LogP contribution in [0.2, 0.25) is 5.02 Å². The van der Waals surface area contributed by atoms with E-state index in [4.69, 9.17) is 11.6 Å². The molecule has 0 bridgehead atoms. The summed E-state index contributed by atoms with van der Waals surface area (Å²) >= 11 is 6.08. The van der Waals surface area contributed by atoms with E-state index in [1.54, 1.807) is 18.2 Å².